The van der Waals surface area contributed by atoms with Crippen molar-refractivity contribution in [1.82, 2.24) is 0 Å². The first-order valence-corrected chi connectivity index (χ1v) is 4.02. The molecule has 0 aromatic carbocycles. The van der Waals surface area contributed by atoms with Crippen LogP contribution in [0.25, 0.3) is 0 Å². The molecule has 0 radical (unpaired) electrons. The summed E-state index contributed by atoms with van der Waals surface area (Å²) in [4.78, 5) is 27.8. The molecule has 0 aliphatic carbocycles. The van der Waals surface area contributed by atoms with Gasteiger partial charge in [0.25, 0.3) is 0 Å². The molecule has 0 unspecified atom stereocenters. The second-order valence-electron chi connectivity index (χ2n) is 2.12. The number of rotatable bonds is 3. The van der Waals surface area contributed by atoms with Gasteiger partial charge >= 0.3 is 25.8 Å². The maximum Gasteiger partial charge on any atom is 3.00 e. The summed E-state index contributed by atoms with van der Waals surface area (Å²) in [5.74, 6) is -3.97. The fourth-order valence-electron chi connectivity index (χ4n) is 0.194. The predicted molar refractivity (Wildman–Crippen MR) is 51.5 cm³/mol. The minimum atomic E-state index is -1.32. The molecule has 0 aromatic rings. The van der Waals surface area contributed by atoms with Crippen LogP contribution in [0.1, 0.15) is 19.3 Å². The van der Waals surface area contributed by atoms with Crippen LogP contribution in [-0.4, -0.2) is 43.8 Å². The van der Waals surface area contributed by atoms with Gasteiger partial charge in [0.15, 0.2) is 0 Å². The van der Waals surface area contributed by atoms with E-state index >= 15 is 0 Å². The van der Waals surface area contributed by atoms with Gasteiger partial charge in [0.05, 0.1) is 55.4 Å². The Bertz CT molecular complexity index is 342. The molecule has 10 heteroatoms. The van der Waals surface area contributed by atoms with Crippen LogP contribution < -0.4 is 15.3 Å². The first-order chi connectivity index (χ1) is 8.31. The molecule has 0 amide bonds. The molecular weight excluding hydrogens is 361 g/mol. The van der Waals surface area contributed by atoms with Crippen molar-refractivity contribution < 1.29 is 29.7 Å². The maximum atomic E-state index is 9.27. The third kappa shape index (κ3) is 65.4. The van der Waals surface area contributed by atoms with Crippen LogP contribution >= 0.6 is 0 Å². The zero-order valence-corrected chi connectivity index (χ0v) is 12.8. The molecule has 0 rings (SSSR count). The van der Waals surface area contributed by atoms with E-state index < -0.39 is 37.2 Å². The topological polar surface area (TPSA) is 192 Å². The van der Waals surface area contributed by atoms with Crippen LogP contribution in [0.4, 0.5) is 0 Å². The number of carbonyl (C=O) groups is 3. The monoisotopic (exact) mass is 367 g/mol. The Morgan fingerprint density at radius 2 is 0.842 bits per heavy atom. The van der Waals surface area contributed by atoms with Crippen molar-refractivity contribution in [3.05, 3.63) is 0 Å². The molecule has 0 fully saturated rings. The zero-order chi connectivity index (χ0) is 15.0. The van der Waals surface area contributed by atoms with Gasteiger partial charge in [0, 0.05) is 0 Å². The van der Waals surface area contributed by atoms with Gasteiger partial charge in [-0.1, -0.05) is 0 Å². The third-order valence-electron chi connectivity index (χ3n) is 0.670. The maximum absolute atomic E-state index is 9.27. The summed E-state index contributed by atoms with van der Waals surface area (Å²) >= 11 is 0. The number of carboxylic acid groups (broad SMARTS) is 3. The first-order valence-electron chi connectivity index (χ1n) is 4.02. The van der Waals surface area contributed by atoms with Crippen molar-refractivity contribution in [1.29, 1.82) is 15.8 Å². The van der Waals surface area contributed by atoms with Gasteiger partial charge in [-0.15, -0.1) is 0 Å². The summed E-state index contributed by atoms with van der Waals surface area (Å²) in [6.45, 7) is 0. The van der Waals surface area contributed by atoms with Crippen LogP contribution in [0.5, 0.6) is 0 Å². The fourth-order valence-corrected chi connectivity index (χ4v) is 0.194. The SMILES string of the molecule is N#CCC(=O)[O-].N#CCC(=O)[O-].N#CCC(=O)[O-].[In+3]. The average Bonchev–Trinajstić information content (AvgIpc) is 2.18. The van der Waals surface area contributed by atoms with Crippen LogP contribution in [0.15, 0.2) is 0 Å². The van der Waals surface area contributed by atoms with Crippen molar-refractivity contribution in [3.63, 3.8) is 0 Å². The van der Waals surface area contributed by atoms with Crippen molar-refractivity contribution >= 4 is 43.8 Å². The molecule has 19 heavy (non-hydrogen) atoms. The molecule has 0 N–H and O–H groups in total. The standard InChI is InChI=1S/3C3H3NO2.In/c3*4-2-1-3(5)6;/h3*1H2,(H,5,6);/q;;;+3/p-3. The second-order valence-corrected chi connectivity index (χ2v) is 2.12. The van der Waals surface area contributed by atoms with E-state index in [-0.39, 0.29) is 25.8 Å². The Hall–Kier alpha value is -2.25. The van der Waals surface area contributed by atoms with Crippen LogP contribution in [0.3, 0.4) is 0 Å². The zero-order valence-electron chi connectivity index (χ0n) is 9.49. The number of carbonyl (C=O) groups excluding carboxylic acids is 3. The third-order valence-corrected chi connectivity index (χ3v) is 0.670. The van der Waals surface area contributed by atoms with E-state index in [0.717, 1.165) is 0 Å². The van der Waals surface area contributed by atoms with E-state index in [0.29, 0.717) is 0 Å². The molecule has 96 valence electrons. The molecular formula is C9H6InN3O6. The summed E-state index contributed by atoms with van der Waals surface area (Å²) in [6, 6.07) is 4.22. The van der Waals surface area contributed by atoms with Crippen molar-refractivity contribution in [3.8, 4) is 18.2 Å². The summed E-state index contributed by atoms with van der Waals surface area (Å²) in [5, 5.41) is 50.5. The number of aliphatic carboxylic acids is 3. The molecule has 0 bridgehead atoms. The fraction of sp³-hybridized carbons (Fsp3) is 0.333. The number of hydrogen-bond donors (Lipinski definition) is 0. The molecule has 0 saturated carbocycles. The minimum absolute atomic E-state index is 0. The molecule has 0 spiro atoms. The largest absolute Gasteiger partial charge is 3.00 e. The molecule has 0 heterocycles. The van der Waals surface area contributed by atoms with Crippen LogP contribution in [-0.2, 0) is 14.4 Å². The van der Waals surface area contributed by atoms with E-state index in [1.54, 1.807) is 0 Å². The second kappa shape index (κ2) is 21.1. The Labute approximate surface area is 127 Å². The molecule has 0 aliphatic rings. The number of carboxylic acids is 3. The predicted octanol–water partition coefficient (Wildman–Crippen LogP) is -4.43. The minimum Gasteiger partial charge on any atom is -0.549 e. The normalized spacial score (nSPS) is 6.16. The number of nitrogens with zero attached hydrogens (tertiary/aromatic N) is 3. The van der Waals surface area contributed by atoms with Gasteiger partial charge in [0.1, 0.15) is 0 Å². The first kappa shape index (κ1) is 25.6. The average molecular weight is 367 g/mol. The molecule has 0 aromatic heterocycles. The Balaban J connectivity index is -0.0000000865. The van der Waals surface area contributed by atoms with Crippen LogP contribution in [0, 0.1) is 34.0 Å². The van der Waals surface area contributed by atoms with Gasteiger partial charge in [-0.2, -0.15) is 15.8 Å². The quantitative estimate of drug-likeness (QED) is 0.473. The van der Waals surface area contributed by atoms with Crippen molar-refractivity contribution in [2.24, 2.45) is 0 Å². The Morgan fingerprint density at radius 1 is 0.684 bits per heavy atom. The molecule has 0 atom stereocenters. The van der Waals surface area contributed by atoms with E-state index in [1.807, 2.05) is 0 Å². The van der Waals surface area contributed by atoms with Gasteiger partial charge in [-0.3, -0.25) is 0 Å². The molecule has 0 saturated heterocycles. The van der Waals surface area contributed by atoms with Gasteiger partial charge in [0.2, 0.25) is 0 Å². The van der Waals surface area contributed by atoms with E-state index in [1.165, 1.54) is 18.2 Å². The summed E-state index contributed by atoms with van der Waals surface area (Å²) in [6.07, 6.45) is -1.54. The van der Waals surface area contributed by atoms with Crippen molar-refractivity contribution in [2.45, 2.75) is 19.3 Å². The van der Waals surface area contributed by atoms with E-state index in [9.17, 15) is 29.7 Å². The summed E-state index contributed by atoms with van der Waals surface area (Å²) in [5.41, 5.74) is 0. The van der Waals surface area contributed by atoms with Crippen molar-refractivity contribution in [2.75, 3.05) is 0 Å². The number of hydrogen-bond acceptors (Lipinski definition) is 9. The van der Waals surface area contributed by atoms with E-state index in [2.05, 4.69) is 0 Å². The summed E-state index contributed by atoms with van der Waals surface area (Å²) < 4.78 is 0. The summed E-state index contributed by atoms with van der Waals surface area (Å²) in [7, 11) is 0. The Kier molecular flexibility index (Phi) is 28.4. The van der Waals surface area contributed by atoms with Gasteiger partial charge in [-0.25, -0.2) is 0 Å². The number of nitriles is 3. The Morgan fingerprint density at radius 3 is 0.842 bits per heavy atom. The van der Waals surface area contributed by atoms with Crippen LogP contribution in [0.2, 0.25) is 0 Å². The molecule has 9 nitrogen and oxygen atoms in total. The van der Waals surface area contributed by atoms with Gasteiger partial charge in [-0.05, 0) is 0 Å². The smallest absolute Gasteiger partial charge is 0.549 e. The molecule has 0 aliphatic heterocycles. The van der Waals surface area contributed by atoms with E-state index in [4.69, 9.17) is 15.8 Å². The van der Waals surface area contributed by atoms with Gasteiger partial charge < -0.3 is 29.7 Å².